The lowest BCUT2D eigenvalue weighted by Crippen LogP contribution is -2.54. The number of halogens is 1. The number of benzene rings is 3. The average Bonchev–Trinajstić information content (AvgIpc) is 3.96. The normalized spacial score (nSPS) is 19.5. The number of hydrogen-bond donors (Lipinski definition) is 3. The average molecular weight is 1100 g/mol. The maximum atomic E-state index is 13.6. The monoisotopic (exact) mass is 1100 g/mol. The van der Waals surface area contributed by atoms with Crippen molar-refractivity contribution in [2.24, 2.45) is 13.0 Å². The molecule has 6 aromatic rings. The Balaban J connectivity index is 0.700. The first-order chi connectivity index (χ1) is 36.2. The number of likely N-dealkylation sites (tertiary alicyclic amines) is 1. The second-order valence-corrected chi connectivity index (χ2v) is 24.5. The highest BCUT2D eigenvalue weighted by Gasteiger charge is 2.45. The van der Waals surface area contributed by atoms with Gasteiger partial charge in [-0.1, -0.05) is 0 Å². The largest absolute Gasteiger partial charge is 0.494 e. The summed E-state index contributed by atoms with van der Waals surface area (Å²) in [5.74, 6) is 0.0932. The number of hydrogen-bond acceptors (Lipinski definition) is 17. The number of nitrogens with one attached hydrogen (secondary N) is 3. The second-order valence-electron chi connectivity index (χ2n) is 20.5. The fraction of sp³-hybridized carbons (Fsp3) is 0.415. The van der Waals surface area contributed by atoms with Gasteiger partial charge in [-0.15, -0.1) is 0 Å². The standard InChI is InChI=1S/C53H60BrN14O6P/c1-63-31-33(28-58-63)37-26-42(60-53-57-29-39(54)49(62-53)59-41-8-7-40-47(56-16-15-55-40)48(41)75(3,4)73)45(74-2)27-44(37)67-23-21-66(22-24-67)34-13-17-64(18-14-34)30-32-11-19-65(20-12-32)35-5-6-36-38(25-35)52(72)68(51(36)71)43-9-10-46(69)61-50(43)70/h5-8,15-16,25-29,31-32,34,43H,9-14,17-24,30H2,1-4H3,(H,61,69,70)(H2,57,59,60,62). The van der Waals surface area contributed by atoms with Crippen molar-refractivity contribution in [3.05, 3.63) is 89.0 Å². The van der Waals surface area contributed by atoms with Crippen LogP contribution in [0.1, 0.15) is 59.2 Å². The van der Waals surface area contributed by atoms with Gasteiger partial charge in [0.1, 0.15) is 30.3 Å². The van der Waals surface area contributed by atoms with Gasteiger partial charge in [-0.2, -0.15) is 10.1 Å². The highest BCUT2D eigenvalue weighted by atomic mass is 79.9. The summed E-state index contributed by atoms with van der Waals surface area (Å²) in [7, 11) is 0.774. The Hall–Kier alpha value is -6.80. The Morgan fingerprint density at radius 3 is 2.27 bits per heavy atom. The van der Waals surface area contributed by atoms with Crippen molar-refractivity contribution in [2.75, 3.05) is 99.8 Å². The van der Waals surface area contributed by atoms with Crippen LogP contribution in [0.5, 0.6) is 5.75 Å². The molecular formula is C53H60BrN14O6P. The van der Waals surface area contributed by atoms with Gasteiger partial charge in [0.05, 0.1) is 51.1 Å². The van der Waals surface area contributed by atoms with E-state index in [1.807, 2.05) is 42.3 Å². The molecule has 3 N–H and O–H groups in total. The van der Waals surface area contributed by atoms with E-state index >= 15 is 0 Å². The molecule has 11 rings (SSSR count). The van der Waals surface area contributed by atoms with Gasteiger partial charge in [-0.25, -0.2) is 4.98 Å². The van der Waals surface area contributed by atoms with E-state index in [9.17, 15) is 23.7 Å². The van der Waals surface area contributed by atoms with Crippen LogP contribution >= 0.6 is 23.1 Å². The van der Waals surface area contributed by atoms with Gasteiger partial charge in [0.15, 0.2) is 0 Å². The van der Waals surface area contributed by atoms with E-state index in [0.717, 1.165) is 112 Å². The third-order valence-corrected chi connectivity index (χ3v) is 17.5. The molecule has 0 bridgehead atoms. The highest BCUT2D eigenvalue weighted by molar-refractivity contribution is 9.10. The maximum absolute atomic E-state index is 13.6. The molecule has 20 nitrogen and oxygen atoms in total. The van der Waals surface area contributed by atoms with Crippen molar-refractivity contribution in [1.82, 2.24) is 49.7 Å². The molecule has 22 heteroatoms. The Labute approximate surface area is 443 Å². The molecule has 4 saturated heterocycles. The quantitative estimate of drug-likeness (QED) is 0.0863. The van der Waals surface area contributed by atoms with Gasteiger partial charge in [0.2, 0.25) is 17.8 Å². The van der Waals surface area contributed by atoms with Gasteiger partial charge in [-0.05, 0) is 117 Å². The molecular weight excluding hydrogens is 1040 g/mol. The number of imide groups is 2. The van der Waals surface area contributed by atoms with E-state index in [1.165, 1.54) is 0 Å². The summed E-state index contributed by atoms with van der Waals surface area (Å²) in [6, 6.07) is 12.8. The molecule has 3 aromatic heterocycles. The Morgan fingerprint density at radius 2 is 1.55 bits per heavy atom. The second kappa shape index (κ2) is 20.7. The molecule has 4 fully saturated rings. The van der Waals surface area contributed by atoms with Crippen molar-refractivity contribution in [1.29, 1.82) is 0 Å². The fourth-order valence-corrected chi connectivity index (χ4v) is 13.2. The molecule has 1 atom stereocenters. The lowest BCUT2D eigenvalue weighted by atomic mass is 9.93. The van der Waals surface area contributed by atoms with E-state index in [-0.39, 0.29) is 18.7 Å². The first kappa shape index (κ1) is 50.4. The Kier molecular flexibility index (Phi) is 13.9. The van der Waals surface area contributed by atoms with E-state index in [2.05, 4.69) is 83.7 Å². The van der Waals surface area contributed by atoms with Crippen LogP contribution in [0.25, 0.3) is 22.2 Å². The molecule has 5 aliphatic rings. The molecule has 0 aliphatic carbocycles. The van der Waals surface area contributed by atoms with E-state index in [4.69, 9.17) is 9.72 Å². The van der Waals surface area contributed by atoms with Crippen LogP contribution in [0.15, 0.2) is 77.9 Å². The number of fused-ring (bicyclic) bond motifs is 2. The van der Waals surface area contributed by atoms with Crippen molar-refractivity contribution >= 4 is 97.6 Å². The molecule has 0 spiro atoms. The molecule has 0 saturated carbocycles. The zero-order chi connectivity index (χ0) is 52.1. The van der Waals surface area contributed by atoms with Gasteiger partial charge >= 0.3 is 0 Å². The molecule has 1 unspecified atom stereocenters. The number of anilines is 6. The zero-order valence-corrected chi connectivity index (χ0v) is 44.9. The van der Waals surface area contributed by atoms with Crippen LogP contribution in [-0.4, -0.2) is 159 Å². The third-order valence-electron chi connectivity index (χ3n) is 15.4. The number of aryl methyl sites for hydroxylation is 1. The number of piperazine rings is 1. The summed E-state index contributed by atoms with van der Waals surface area (Å²) < 4.78 is 22.1. The molecule has 75 heavy (non-hydrogen) atoms. The number of carbonyl (C=O) groups excluding carboxylic acids is 4. The van der Waals surface area contributed by atoms with E-state index in [1.54, 1.807) is 51.2 Å². The van der Waals surface area contributed by atoms with Crippen molar-refractivity contribution in [2.45, 2.75) is 50.6 Å². The van der Waals surface area contributed by atoms with Crippen molar-refractivity contribution in [3.8, 4) is 16.9 Å². The van der Waals surface area contributed by atoms with E-state index < -0.39 is 30.9 Å². The lowest BCUT2D eigenvalue weighted by Gasteiger charge is -2.44. The maximum Gasteiger partial charge on any atom is 0.262 e. The van der Waals surface area contributed by atoms with Crippen LogP contribution in [0.4, 0.5) is 34.5 Å². The van der Waals surface area contributed by atoms with Gasteiger partial charge < -0.3 is 34.6 Å². The lowest BCUT2D eigenvalue weighted by molar-refractivity contribution is -0.136. The summed E-state index contributed by atoms with van der Waals surface area (Å²) in [6.45, 7) is 12.0. The predicted molar refractivity (Wildman–Crippen MR) is 291 cm³/mol. The fourth-order valence-electron chi connectivity index (χ4n) is 11.5. The van der Waals surface area contributed by atoms with E-state index in [0.29, 0.717) is 72.8 Å². The van der Waals surface area contributed by atoms with Crippen LogP contribution in [0.2, 0.25) is 0 Å². The minimum Gasteiger partial charge on any atom is -0.494 e. The number of rotatable bonds is 13. The minimum absolute atomic E-state index is 0.0930. The van der Waals surface area contributed by atoms with Crippen LogP contribution in [0.3, 0.4) is 0 Å². The number of aromatic nitrogens is 6. The number of methoxy groups -OCH3 is 1. The number of amides is 4. The first-order valence-electron chi connectivity index (χ1n) is 25.6. The first-order valence-corrected chi connectivity index (χ1v) is 29.0. The summed E-state index contributed by atoms with van der Waals surface area (Å²) >= 11 is 3.62. The Morgan fingerprint density at radius 1 is 0.787 bits per heavy atom. The summed E-state index contributed by atoms with van der Waals surface area (Å²) in [6.07, 6.45) is 13.4. The molecule has 4 amide bonds. The van der Waals surface area contributed by atoms with Gasteiger partial charge in [0.25, 0.3) is 11.8 Å². The number of nitrogens with zero attached hydrogens (tertiary/aromatic N) is 11. The van der Waals surface area contributed by atoms with Crippen LogP contribution in [0, 0.1) is 5.92 Å². The van der Waals surface area contributed by atoms with Crippen LogP contribution < -0.4 is 35.8 Å². The molecule has 5 aliphatic heterocycles. The van der Waals surface area contributed by atoms with Gasteiger partial charge in [0, 0.05) is 119 Å². The summed E-state index contributed by atoms with van der Waals surface area (Å²) in [5, 5.41) is 14.2. The molecule has 8 heterocycles. The smallest absolute Gasteiger partial charge is 0.262 e. The molecule has 390 valence electrons. The molecule has 0 radical (unpaired) electrons. The number of piperidine rings is 3. The third kappa shape index (κ3) is 10.2. The number of carbonyl (C=O) groups is 4. The van der Waals surface area contributed by atoms with Crippen LogP contribution in [-0.2, 0) is 21.2 Å². The van der Waals surface area contributed by atoms with Crippen molar-refractivity contribution < 1.29 is 28.5 Å². The minimum atomic E-state index is -2.81. The number of ether oxygens (including phenoxy) is 1. The SMILES string of the molecule is COc1cc(N2CCN(C3CCN(CC4CCN(c5ccc6c(c5)C(=O)N(C5CCC(=O)NC5=O)C6=O)CC4)CC3)CC2)c(-c2cnn(C)c2)cc1Nc1ncc(Br)c(Nc2ccc3nccnc3c2P(C)(C)=O)n1. The Bertz CT molecular complexity index is 3270. The molecule has 3 aromatic carbocycles. The van der Waals surface area contributed by atoms with Crippen molar-refractivity contribution in [3.63, 3.8) is 0 Å². The predicted octanol–water partition coefficient (Wildman–Crippen LogP) is 6.23. The summed E-state index contributed by atoms with van der Waals surface area (Å²) in [4.78, 5) is 80.5. The van der Waals surface area contributed by atoms with Gasteiger partial charge in [-0.3, -0.25) is 48.9 Å². The summed E-state index contributed by atoms with van der Waals surface area (Å²) in [5.41, 5.74) is 7.15. The topological polar surface area (TPSA) is 216 Å². The highest BCUT2D eigenvalue weighted by Crippen LogP contribution is 2.43. The zero-order valence-electron chi connectivity index (χ0n) is 42.5.